The highest BCUT2D eigenvalue weighted by Crippen LogP contribution is 2.41. The van der Waals surface area contributed by atoms with Crippen molar-refractivity contribution >= 4 is 34.6 Å². The number of amidine groups is 1. The summed E-state index contributed by atoms with van der Waals surface area (Å²) >= 11 is 1.22. The van der Waals surface area contributed by atoms with Gasteiger partial charge in [0, 0.05) is 5.56 Å². The highest BCUT2D eigenvalue weighted by atomic mass is 32.2. The Morgan fingerprint density at radius 3 is 2.33 bits per heavy atom. The van der Waals surface area contributed by atoms with Crippen LogP contribution >= 0.6 is 11.8 Å². The highest BCUT2D eigenvalue weighted by Gasteiger charge is 2.25. The molecule has 0 aromatic heterocycles. The number of amides is 1. The Hall–Kier alpha value is -3.13. The van der Waals surface area contributed by atoms with Gasteiger partial charge in [-0.25, -0.2) is 4.99 Å². The summed E-state index contributed by atoms with van der Waals surface area (Å²) < 4.78 is 16.1. The summed E-state index contributed by atoms with van der Waals surface area (Å²) in [5, 5.41) is 12.5. The normalized spacial score (nSPS) is 16.5. The van der Waals surface area contributed by atoms with Crippen LogP contribution in [0.5, 0.6) is 23.0 Å². The fraction of sp³-hybridized carbons (Fsp3) is 0.158. The summed E-state index contributed by atoms with van der Waals surface area (Å²) in [6, 6.07) is 9.92. The molecule has 0 spiro atoms. The Labute approximate surface area is 160 Å². The molecule has 1 aliphatic heterocycles. The van der Waals surface area contributed by atoms with Crippen LogP contribution in [-0.2, 0) is 4.79 Å². The molecule has 8 heteroatoms. The van der Waals surface area contributed by atoms with Gasteiger partial charge in [-0.3, -0.25) is 4.79 Å². The first-order valence-corrected chi connectivity index (χ1v) is 8.75. The molecule has 2 N–H and O–H groups in total. The van der Waals surface area contributed by atoms with Crippen molar-refractivity contribution < 1.29 is 24.1 Å². The molecule has 0 bridgehead atoms. The second-order valence-electron chi connectivity index (χ2n) is 5.42. The van der Waals surface area contributed by atoms with Crippen molar-refractivity contribution in [1.29, 1.82) is 0 Å². The first kappa shape index (κ1) is 18.7. The summed E-state index contributed by atoms with van der Waals surface area (Å²) in [5.74, 6) is 1.37. The Bertz CT molecular complexity index is 922. The number of thioether (sulfide) groups is 1. The van der Waals surface area contributed by atoms with E-state index in [0.717, 1.165) is 0 Å². The second kappa shape index (κ2) is 8.05. The lowest BCUT2D eigenvalue weighted by Crippen LogP contribution is -2.19. The van der Waals surface area contributed by atoms with Gasteiger partial charge in [-0.05, 0) is 54.2 Å². The number of carbonyl (C=O) groups is 1. The number of rotatable bonds is 5. The molecule has 2 aromatic rings. The number of hydrogen-bond acceptors (Lipinski definition) is 7. The zero-order valence-corrected chi connectivity index (χ0v) is 15.8. The summed E-state index contributed by atoms with van der Waals surface area (Å²) in [6.45, 7) is 0. The Morgan fingerprint density at radius 2 is 1.70 bits per heavy atom. The quantitative estimate of drug-likeness (QED) is 0.767. The number of methoxy groups -OCH3 is 3. The highest BCUT2D eigenvalue weighted by molar-refractivity contribution is 8.18. The molecule has 140 valence electrons. The van der Waals surface area contributed by atoms with Crippen LogP contribution < -0.4 is 19.5 Å². The molecule has 1 fully saturated rings. The van der Waals surface area contributed by atoms with E-state index in [2.05, 4.69) is 10.3 Å². The SMILES string of the molecule is COc1ccc(/C=C2/SC(=Nc3ccc(O)cc3)NC2=O)c(OC)c1OC. The number of aliphatic imine (C=N–C) groups is 1. The molecule has 0 aliphatic carbocycles. The van der Waals surface area contributed by atoms with Crippen LogP contribution in [0.2, 0.25) is 0 Å². The van der Waals surface area contributed by atoms with E-state index in [1.807, 2.05) is 0 Å². The zero-order valence-electron chi connectivity index (χ0n) is 15.0. The van der Waals surface area contributed by atoms with Gasteiger partial charge in [-0.2, -0.15) is 0 Å². The molecule has 7 nitrogen and oxygen atoms in total. The number of nitrogens with zero attached hydrogens (tertiary/aromatic N) is 1. The lowest BCUT2D eigenvalue weighted by Gasteiger charge is -2.14. The Balaban J connectivity index is 1.92. The van der Waals surface area contributed by atoms with E-state index in [1.165, 1.54) is 38.1 Å². The zero-order chi connectivity index (χ0) is 19.4. The van der Waals surface area contributed by atoms with Gasteiger partial charge in [-0.15, -0.1) is 0 Å². The van der Waals surface area contributed by atoms with Crippen LogP contribution in [0.15, 0.2) is 46.3 Å². The molecule has 1 amide bonds. The number of carbonyl (C=O) groups excluding carboxylic acids is 1. The monoisotopic (exact) mass is 386 g/mol. The minimum absolute atomic E-state index is 0.156. The number of benzene rings is 2. The van der Waals surface area contributed by atoms with Crippen molar-refractivity contribution in [2.45, 2.75) is 0 Å². The molecule has 0 saturated carbocycles. The average molecular weight is 386 g/mol. The Morgan fingerprint density at radius 1 is 1.00 bits per heavy atom. The summed E-state index contributed by atoms with van der Waals surface area (Å²) in [4.78, 5) is 17.1. The smallest absolute Gasteiger partial charge is 0.264 e. The van der Waals surface area contributed by atoms with Crippen molar-refractivity contribution in [2.75, 3.05) is 21.3 Å². The van der Waals surface area contributed by atoms with Crippen LogP contribution in [0.25, 0.3) is 6.08 Å². The second-order valence-corrected chi connectivity index (χ2v) is 6.45. The molecule has 2 aromatic carbocycles. The molecule has 0 radical (unpaired) electrons. The molecular formula is C19H18N2O5S. The first-order valence-electron chi connectivity index (χ1n) is 7.93. The van der Waals surface area contributed by atoms with Crippen LogP contribution in [0.4, 0.5) is 5.69 Å². The average Bonchev–Trinajstić information content (AvgIpc) is 3.01. The molecule has 3 rings (SSSR count). The molecule has 27 heavy (non-hydrogen) atoms. The van der Waals surface area contributed by atoms with E-state index < -0.39 is 0 Å². The van der Waals surface area contributed by atoms with Crippen molar-refractivity contribution in [1.82, 2.24) is 5.32 Å². The van der Waals surface area contributed by atoms with Gasteiger partial charge in [0.1, 0.15) is 5.75 Å². The van der Waals surface area contributed by atoms with Crippen molar-refractivity contribution in [2.24, 2.45) is 4.99 Å². The van der Waals surface area contributed by atoms with Gasteiger partial charge >= 0.3 is 0 Å². The topological polar surface area (TPSA) is 89.4 Å². The molecule has 1 saturated heterocycles. The Kier molecular flexibility index (Phi) is 5.56. The molecular weight excluding hydrogens is 368 g/mol. The van der Waals surface area contributed by atoms with E-state index in [4.69, 9.17) is 14.2 Å². The molecule has 0 unspecified atom stereocenters. The van der Waals surface area contributed by atoms with Crippen LogP contribution in [-0.4, -0.2) is 37.5 Å². The number of phenols is 1. The fourth-order valence-electron chi connectivity index (χ4n) is 2.50. The summed E-state index contributed by atoms with van der Waals surface area (Å²) in [7, 11) is 4.59. The van der Waals surface area contributed by atoms with Gasteiger partial charge in [0.15, 0.2) is 16.7 Å². The van der Waals surface area contributed by atoms with Gasteiger partial charge in [0.2, 0.25) is 5.75 Å². The van der Waals surface area contributed by atoms with Crippen molar-refractivity contribution in [3.05, 3.63) is 46.9 Å². The van der Waals surface area contributed by atoms with Gasteiger partial charge in [0.05, 0.1) is 31.9 Å². The minimum Gasteiger partial charge on any atom is -0.508 e. The van der Waals surface area contributed by atoms with Gasteiger partial charge < -0.3 is 24.6 Å². The van der Waals surface area contributed by atoms with Gasteiger partial charge in [-0.1, -0.05) is 0 Å². The van der Waals surface area contributed by atoms with E-state index in [-0.39, 0.29) is 11.7 Å². The number of ether oxygens (including phenoxy) is 3. The third-order valence-corrected chi connectivity index (χ3v) is 4.66. The third kappa shape index (κ3) is 4.01. The fourth-order valence-corrected chi connectivity index (χ4v) is 3.34. The number of nitrogens with one attached hydrogen (secondary N) is 1. The summed E-state index contributed by atoms with van der Waals surface area (Å²) in [5.41, 5.74) is 1.30. The maximum atomic E-state index is 12.3. The van der Waals surface area contributed by atoms with Crippen molar-refractivity contribution in [3.63, 3.8) is 0 Å². The van der Waals surface area contributed by atoms with E-state index in [1.54, 1.807) is 37.5 Å². The number of aromatic hydroxyl groups is 1. The van der Waals surface area contributed by atoms with Crippen LogP contribution in [0.3, 0.4) is 0 Å². The maximum Gasteiger partial charge on any atom is 0.264 e. The third-order valence-electron chi connectivity index (χ3n) is 3.75. The van der Waals surface area contributed by atoms with Gasteiger partial charge in [0.25, 0.3) is 5.91 Å². The molecule has 1 heterocycles. The predicted octanol–water partition coefficient (Wildman–Crippen LogP) is 3.31. The van der Waals surface area contributed by atoms with E-state index in [9.17, 15) is 9.90 Å². The van der Waals surface area contributed by atoms with E-state index in [0.29, 0.717) is 38.6 Å². The van der Waals surface area contributed by atoms with Crippen LogP contribution in [0, 0.1) is 0 Å². The molecule has 1 aliphatic rings. The standard InChI is InChI=1S/C19H18N2O5S/c1-24-14-9-4-11(16(25-2)17(14)26-3)10-15-18(23)21-19(27-15)20-12-5-7-13(22)8-6-12/h4-10,22H,1-3H3,(H,20,21,23)/b15-10+. The van der Waals surface area contributed by atoms with E-state index >= 15 is 0 Å². The largest absolute Gasteiger partial charge is 0.508 e. The first-order chi connectivity index (χ1) is 13.0. The number of phenolic OH excluding ortho intramolecular Hbond substituents is 1. The maximum absolute atomic E-state index is 12.3. The minimum atomic E-state index is -0.255. The number of hydrogen-bond donors (Lipinski definition) is 2. The summed E-state index contributed by atoms with van der Waals surface area (Å²) in [6.07, 6.45) is 1.71. The van der Waals surface area contributed by atoms with Crippen molar-refractivity contribution in [3.8, 4) is 23.0 Å². The van der Waals surface area contributed by atoms with Crippen LogP contribution in [0.1, 0.15) is 5.56 Å². The predicted molar refractivity (Wildman–Crippen MR) is 105 cm³/mol. The molecule has 0 atom stereocenters. The lowest BCUT2D eigenvalue weighted by molar-refractivity contribution is -0.115. The lowest BCUT2D eigenvalue weighted by atomic mass is 10.1.